The summed E-state index contributed by atoms with van der Waals surface area (Å²) >= 11 is 0. The number of benzene rings is 1. The van der Waals surface area contributed by atoms with Gasteiger partial charge in [0.05, 0.1) is 36.9 Å². The predicted molar refractivity (Wildman–Crippen MR) is 161 cm³/mol. The van der Waals surface area contributed by atoms with Gasteiger partial charge < -0.3 is 19.5 Å². The number of amides is 1. The van der Waals surface area contributed by atoms with Crippen molar-refractivity contribution in [1.29, 1.82) is 0 Å². The van der Waals surface area contributed by atoms with Crippen LogP contribution in [0.15, 0.2) is 49.2 Å². The zero-order valence-electron chi connectivity index (χ0n) is 25.1. The van der Waals surface area contributed by atoms with Crippen molar-refractivity contribution in [1.82, 2.24) is 9.88 Å². The van der Waals surface area contributed by atoms with Gasteiger partial charge in [-0.15, -0.1) is 6.58 Å². The highest BCUT2D eigenvalue weighted by molar-refractivity contribution is 5.95. The van der Waals surface area contributed by atoms with Crippen LogP contribution in [-0.4, -0.2) is 63.9 Å². The molecule has 1 aromatic heterocycles. The number of esters is 1. The van der Waals surface area contributed by atoms with Crippen LogP contribution in [0.1, 0.15) is 64.9 Å². The monoisotopic (exact) mass is 588 g/mol. The van der Waals surface area contributed by atoms with Crippen molar-refractivity contribution in [3.63, 3.8) is 0 Å². The average molecular weight is 589 g/mol. The zero-order chi connectivity index (χ0) is 30.9. The molecule has 43 heavy (non-hydrogen) atoms. The Morgan fingerprint density at radius 2 is 2.02 bits per heavy atom. The summed E-state index contributed by atoms with van der Waals surface area (Å²) in [5.74, 6) is -2.81. The van der Waals surface area contributed by atoms with Crippen LogP contribution in [0, 0.1) is 22.7 Å². The number of nitrogens with zero attached hydrogens (tertiary/aromatic N) is 2. The fourth-order valence-electron chi connectivity index (χ4n) is 6.34. The van der Waals surface area contributed by atoms with Crippen molar-refractivity contribution in [3.8, 4) is 5.88 Å². The first-order valence-electron chi connectivity index (χ1n) is 15.0. The number of aromatic nitrogens is 1. The van der Waals surface area contributed by atoms with Gasteiger partial charge in [0.2, 0.25) is 11.8 Å². The molecular weight excluding hydrogens is 548 g/mol. The molecule has 4 bridgehead atoms. The van der Waals surface area contributed by atoms with Crippen LogP contribution < -0.4 is 4.74 Å². The van der Waals surface area contributed by atoms with E-state index < -0.39 is 40.8 Å². The highest BCUT2D eigenvalue weighted by Gasteiger charge is 2.61. The molecule has 1 aromatic carbocycles. The maximum atomic E-state index is 14.2. The number of Topliss-reactive ketones (excluding diaryl/α,β-unsaturated/α-hetero) is 1. The number of pyridine rings is 1. The second-order valence-corrected chi connectivity index (χ2v) is 13.1. The van der Waals surface area contributed by atoms with Crippen molar-refractivity contribution in [2.24, 2.45) is 22.7 Å². The number of fused-ring (bicyclic) bond motifs is 3. The Balaban J connectivity index is 1.51. The van der Waals surface area contributed by atoms with E-state index in [9.17, 15) is 24.3 Å². The number of ether oxygens (including phenoxy) is 2. The molecule has 1 saturated heterocycles. The summed E-state index contributed by atoms with van der Waals surface area (Å²) in [4.78, 5) is 59.1. The molecule has 9 heteroatoms. The molecule has 5 rings (SSSR count). The SMILES string of the molecule is C=C[C@H]1C[C@]1(CC(=O)[C@@H]1C[C@@H]2CN1C(=O)[C@H](C(C)(C)C)CC(=O)OCCC/C=C/c1ccc3ccnc(c3c1)O2)C(=O)O. The molecule has 5 atom stereocenters. The number of ketones is 1. The molecule has 1 amide bonds. The number of carbonyl (C=O) groups is 4. The van der Waals surface area contributed by atoms with Crippen molar-refractivity contribution < 1.29 is 33.8 Å². The van der Waals surface area contributed by atoms with E-state index in [-0.39, 0.29) is 50.0 Å². The quantitative estimate of drug-likeness (QED) is 0.373. The molecule has 1 N–H and O–H groups in total. The van der Waals surface area contributed by atoms with Gasteiger partial charge in [-0.3, -0.25) is 19.2 Å². The smallest absolute Gasteiger partial charge is 0.310 e. The van der Waals surface area contributed by atoms with E-state index in [2.05, 4.69) is 11.6 Å². The number of hydrogen-bond acceptors (Lipinski definition) is 7. The minimum Gasteiger partial charge on any atom is -0.481 e. The van der Waals surface area contributed by atoms with Gasteiger partial charge in [0.1, 0.15) is 6.10 Å². The largest absolute Gasteiger partial charge is 0.481 e. The summed E-state index contributed by atoms with van der Waals surface area (Å²) in [5.41, 5.74) is -0.840. The van der Waals surface area contributed by atoms with Gasteiger partial charge in [-0.2, -0.15) is 0 Å². The van der Waals surface area contributed by atoms with Gasteiger partial charge in [-0.1, -0.05) is 51.1 Å². The Kier molecular flexibility index (Phi) is 8.45. The summed E-state index contributed by atoms with van der Waals surface area (Å²) in [6, 6.07) is 7.00. The van der Waals surface area contributed by atoms with Crippen molar-refractivity contribution >= 4 is 40.5 Å². The first-order chi connectivity index (χ1) is 20.4. The zero-order valence-corrected chi connectivity index (χ0v) is 25.1. The summed E-state index contributed by atoms with van der Waals surface area (Å²) in [7, 11) is 0. The molecule has 3 heterocycles. The number of carboxylic acids is 1. The Morgan fingerprint density at radius 1 is 1.23 bits per heavy atom. The molecule has 2 aromatic rings. The number of aliphatic carboxylic acids is 1. The lowest BCUT2D eigenvalue weighted by atomic mass is 9.77. The van der Waals surface area contributed by atoms with Gasteiger partial charge in [0.15, 0.2) is 5.78 Å². The number of cyclic esters (lactones) is 1. The highest BCUT2D eigenvalue weighted by atomic mass is 16.5. The lowest BCUT2D eigenvalue weighted by Crippen LogP contribution is -2.48. The third-order valence-electron chi connectivity index (χ3n) is 9.09. The van der Waals surface area contributed by atoms with E-state index in [1.165, 1.54) is 4.90 Å². The molecule has 2 fully saturated rings. The maximum absolute atomic E-state index is 14.2. The highest BCUT2D eigenvalue weighted by Crippen LogP contribution is 2.56. The molecule has 3 aliphatic rings. The van der Waals surface area contributed by atoms with Crippen LogP contribution in [0.4, 0.5) is 0 Å². The van der Waals surface area contributed by atoms with Gasteiger partial charge in [-0.25, -0.2) is 4.98 Å². The van der Waals surface area contributed by atoms with Crippen LogP contribution >= 0.6 is 0 Å². The summed E-state index contributed by atoms with van der Waals surface area (Å²) < 4.78 is 11.9. The van der Waals surface area contributed by atoms with E-state index in [4.69, 9.17) is 9.47 Å². The third-order valence-corrected chi connectivity index (χ3v) is 9.09. The standard InChI is InChI=1S/C34H40N2O7/c1-5-23-18-34(23,32(40)41)19-28(37)27-16-24-20-36(27)31(39)26(33(2,3)4)17-29(38)42-14-8-6-7-9-21-10-11-22-12-13-35-30(43-24)25(22)15-21/h5,7,9-13,15,23-24,26-27H,1,6,8,14,16-20H2,2-4H3,(H,40,41)/b9-7+/t23-,24+,26+,27-,34+/m0/s1. The Bertz CT molecular complexity index is 1470. The lowest BCUT2D eigenvalue weighted by Gasteiger charge is -2.34. The van der Waals surface area contributed by atoms with E-state index in [0.717, 1.165) is 16.3 Å². The second kappa shape index (κ2) is 11.9. The van der Waals surface area contributed by atoms with E-state index in [0.29, 0.717) is 25.1 Å². The van der Waals surface area contributed by atoms with Crippen molar-refractivity contribution in [3.05, 3.63) is 54.8 Å². The van der Waals surface area contributed by atoms with Gasteiger partial charge in [-0.05, 0) is 53.7 Å². The first kappa shape index (κ1) is 30.4. The normalized spacial score (nSPS) is 28.9. The van der Waals surface area contributed by atoms with Gasteiger partial charge in [0.25, 0.3) is 0 Å². The van der Waals surface area contributed by atoms with Crippen LogP contribution in [0.2, 0.25) is 0 Å². The number of allylic oxidation sites excluding steroid dienone is 2. The number of rotatable bonds is 5. The van der Waals surface area contributed by atoms with Gasteiger partial charge in [0, 0.05) is 24.4 Å². The summed E-state index contributed by atoms with van der Waals surface area (Å²) in [5, 5.41) is 11.7. The molecule has 0 unspecified atom stereocenters. The molecule has 1 aliphatic carbocycles. The maximum Gasteiger partial charge on any atom is 0.310 e. The first-order valence-corrected chi connectivity index (χ1v) is 15.0. The van der Waals surface area contributed by atoms with Crippen LogP contribution in [0.5, 0.6) is 5.88 Å². The molecule has 1 saturated carbocycles. The molecule has 0 radical (unpaired) electrons. The minimum absolute atomic E-state index is 0.111. The molecule has 228 valence electrons. The summed E-state index contributed by atoms with van der Waals surface area (Å²) in [6.45, 7) is 9.74. The Hall–Kier alpha value is -4.01. The van der Waals surface area contributed by atoms with Gasteiger partial charge >= 0.3 is 11.9 Å². The van der Waals surface area contributed by atoms with E-state index >= 15 is 0 Å². The Morgan fingerprint density at radius 3 is 2.72 bits per heavy atom. The number of carbonyl (C=O) groups excluding carboxylic acids is 3. The second-order valence-electron chi connectivity index (χ2n) is 13.1. The fourth-order valence-corrected chi connectivity index (χ4v) is 6.34. The van der Waals surface area contributed by atoms with Crippen molar-refractivity contribution in [2.45, 2.75) is 71.4 Å². The van der Waals surface area contributed by atoms with Crippen LogP contribution in [0.3, 0.4) is 0 Å². The fraction of sp³-hybridized carbons (Fsp3) is 0.500. The lowest BCUT2D eigenvalue weighted by molar-refractivity contribution is -0.153. The molecule has 2 aliphatic heterocycles. The number of carboxylic acid groups (broad SMARTS) is 1. The topological polar surface area (TPSA) is 123 Å². The van der Waals surface area contributed by atoms with E-state index in [1.807, 2.05) is 57.2 Å². The minimum atomic E-state index is -1.20. The molecule has 9 nitrogen and oxygen atoms in total. The molecular formula is C34H40N2O7. The third kappa shape index (κ3) is 6.36. The van der Waals surface area contributed by atoms with Crippen LogP contribution in [0.25, 0.3) is 16.8 Å². The van der Waals surface area contributed by atoms with Crippen molar-refractivity contribution in [2.75, 3.05) is 13.2 Å². The number of hydrogen-bond donors (Lipinski definition) is 1. The average Bonchev–Trinajstić information content (AvgIpc) is 3.52. The predicted octanol–water partition coefficient (Wildman–Crippen LogP) is 5.22. The van der Waals surface area contributed by atoms with Crippen LogP contribution in [-0.2, 0) is 23.9 Å². The molecule has 0 spiro atoms. The van der Waals surface area contributed by atoms with E-state index in [1.54, 1.807) is 12.3 Å². The summed E-state index contributed by atoms with van der Waals surface area (Å²) in [6.07, 6.45) is 8.29. The Labute approximate surface area is 251 Å².